The first-order valence-corrected chi connectivity index (χ1v) is 9.20. The number of fused-ring (bicyclic) bond motifs is 1. The minimum absolute atomic E-state index is 0.575. The maximum atomic E-state index is 5.76. The van der Waals surface area contributed by atoms with Gasteiger partial charge in [-0.1, -0.05) is 24.3 Å². The van der Waals surface area contributed by atoms with Gasteiger partial charge in [-0.25, -0.2) is 0 Å². The number of pyridine rings is 1. The Morgan fingerprint density at radius 1 is 1.04 bits per heavy atom. The second-order valence-corrected chi connectivity index (χ2v) is 6.82. The normalized spacial score (nSPS) is 18.5. The summed E-state index contributed by atoms with van der Waals surface area (Å²) in [6, 6.07) is 15.0. The molecule has 4 nitrogen and oxygen atoms in total. The smallest absolute Gasteiger partial charge is 0.134 e. The van der Waals surface area contributed by atoms with Gasteiger partial charge in [0.1, 0.15) is 5.58 Å². The van der Waals surface area contributed by atoms with Gasteiger partial charge in [0.2, 0.25) is 0 Å². The van der Waals surface area contributed by atoms with Crippen LogP contribution < -0.4 is 5.32 Å². The van der Waals surface area contributed by atoms with E-state index in [-0.39, 0.29) is 0 Å². The van der Waals surface area contributed by atoms with Crippen molar-refractivity contribution in [2.45, 2.75) is 38.4 Å². The van der Waals surface area contributed by atoms with E-state index in [0.29, 0.717) is 6.04 Å². The third kappa shape index (κ3) is 3.91. The fraction of sp³-hybridized carbons (Fsp3) is 0.381. The Labute approximate surface area is 148 Å². The number of aromatic nitrogens is 1. The van der Waals surface area contributed by atoms with Crippen LogP contribution in [0.4, 0.5) is 0 Å². The molecule has 4 heteroatoms. The van der Waals surface area contributed by atoms with Gasteiger partial charge >= 0.3 is 0 Å². The van der Waals surface area contributed by atoms with Crippen LogP contribution in [-0.2, 0) is 13.1 Å². The average Bonchev–Trinajstić information content (AvgIpc) is 2.88. The fourth-order valence-corrected chi connectivity index (χ4v) is 3.75. The number of para-hydroxylation sites is 1. The summed E-state index contributed by atoms with van der Waals surface area (Å²) in [7, 11) is 0. The molecule has 0 amide bonds. The van der Waals surface area contributed by atoms with Gasteiger partial charge in [-0.15, -0.1) is 0 Å². The molecule has 4 rings (SSSR count). The maximum absolute atomic E-state index is 5.76. The van der Waals surface area contributed by atoms with Crippen LogP contribution in [0.15, 0.2) is 59.3 Å². The molecule has 0 spiro atoms. The first kappa shape index (κ1) is 16.3. The molecule has 1 aliphatic heterocycles. The predicted octanol–water partition coefficient (Wildman–Crippen LogP) is 3.97. The van der Waals surface area contributed by atoms with Crippen LogP contribution in [0, 0.1) is 0 Å². The summed E-state index contributed by atoms with van der Waals surface area (Å²) in [4.78, 5) is 7.12. The quantitative estimate of drug-likeness (QED) is 0.766. The van der Waals surface area contributed by atoms with Gasteiger partial charge in [-0.05, 0) is 50.6 Å². The third-order valence-corrected chi connectivity index (χ3v) is 5.09. The number of hydrogen-bond donors (Lipinski definition) is 1. The first-order chi connectivity index (χ1) is 12.4. The summed E-state index contributed by atoms with van der Waals surface area (Å²) in [5.74, 6) is 0. The number of nitrogens with one attached hydrogen (secondary N) is 1. The van der Waals surface area contributed by atoms with Crippen molar-refractivity contribution in [3.8, 4) is 0 Å². The minimum atomic E-state index is 0.575. The lowest BCUT2D eigenvalue weighted by Crippen LogP contribution is -2.35. The summed E-state index contributed by atoms with van der Waals surface area (Å²) in [5.41, 5.74) is 3.37. The predicted molar refractivity (Wildman–Crippen MR) is 100 cm³/mol. The van der Waals surface area contributed by atoms with Gasteiger partial charge in [0.25, 0.3) is 0 Å². The SMILES string of the molecule is c1ccc(CN(Cc2coc3ccccc23)[C@@H]2CCCNCC2)nc1. The van der Waals surface area contributed by atoms with Crippen LogP contribution in [0.1, 0.15) is 30.5 Å². The standard InChI is InChI=1S/C21H25N3O/c1-2-9-21-20(8-1)17(16-25-21)14-24(15-18-6-3-4-12-23-18)19-7-5-11-22-13-10-19/h1-4,6,8-9,12,16,19,22H,5,7,10-11,13-15H2/t19-/m1/s1. The van der Waals surface area contributed by atoms with E-state index < -0.39 is 0 Å². The molecule has 0 unspecified atom stereocenters. The topological polar surface area (TPSA) is 41.3 Å². The third-order valence-electron chi connectivity index (χ3n) is 5.09. The van der Waals surface area contributed by atoms with Crippen LogP contribution in [0.2, 0.25) is 0 Å². The molecule has 0 radical (unpaired) electrons. The molecule has 130 valence electrons. The molecule has 1 fully saturated rings. The monoisotopic (exact) mass is 335 g/mol. The van der Waals surface area contributed by atoms with Crippen molar-refractivity contribution in [2.75, 3.05) is 13.1 Å². The summed E-state index contributed by atoms with van der Waals surface area (Å²) >= 11 is 0. The molecule has 1 atom stereocenters. The van der Waals surface area contributed by atoms with E-state index in [2.05, 4.69) is 39.5 Å². The molecule has 0 bridgehead atoms. The van der Waals surface area contributed by atoms with E-state index in [1.807, 2.05) is 30.7 Å². The summed E-state index contributed by atoms with van der Waals surface area (Å²) in [6.45, 7) is 4.00. The van der Waals surface area contributed by atoms with Crippen molar-refractivity contribution in [3.63, 3.8) is 0 Å². The lowest BCUT2D eigenvalue weighted by atomic mass is 10.1. The molecule has 0 saturated carbocycles. The van der Waals surface area contributed by atoms with Crippen molar-refractivity contribution in [2.24, 2.45) is 0 Å². The van der Waals surface area contributed by atoms with Gasteiger partial charge in [0.05, 0.1) is 12.0 Å². The van der Waals surface area contributed by atoms with Crippen LogP contribution >= 0.6 is 0 Å². The second kappa shape index (κ2) is 7.81. The molecule has 1 N–H and O–H groups in total. The molecular formula is C21H25N3O. The first-order valence-electron chi connectivity index (χ1n) is 9.20. The van der Waals surface area contributed by atoms with Gasteiger partial charge in [0.15, 0.2) is 0 Å². The molecule has 1 aliphatic rings. The number of benzene rings is 1. The Hall–Kier alpha value is -2.17. The van der Waals surface area contributed by atoms with E-state index in [4.69, 9.17) is 4.42 Å². The Balaban J connectivity index is 1.59. The van der Waals surface area contributed by atoms with Gasteiger partial charge in [-0.2, -0.15) is 0 Å². The van der Waals surface area contributed by atoms with Gasteiger partial charge in [-0.3, -0.25) is 9.88 Å². The highest BCUT2D eigenvalue weighted by Crippen LogP contribution is 2.25. The van der Waals surface area contributed by atoms with Crippen molar-refractivity contribution in [3.05, 3.63) is 66.2 Å². The molecule has 3 aromatic rings. The van der Waals surface area contributed by atoms with E-state index in [1.54, 1.807) is 0 Å². The molecule has 0 aliphatic carbocycles. The van der Waals surface area contributed by atoms with Crippen molar-refractivity contribution in [1.29, 1.82) is 0 Å². The number of hydrogen-bond acceptors (Lipinski definition) is 4. The van der Waals surface area contributed by atoms with E-state index >= 15 is 0 Å². The zero-order chi connectivity index (χ0) is 16.9. The van der Waals surface area contributed by atoms with Crippen LogP contribution in [-0.4, -0.2) is 29.0 Å². The van der Waals surface area contributed by atoms with Crippen LogP contribution in [0.3, 0.4) is 0 Å². The lowest BCUT2D eigenvalue weighted by molar-refractivity contribution is 0.162. The number of furan rings is 1. The zero-order valence-electron chi connectivity index (χ0n) is 14.5. The summed E-state index contributed by atoms with van der Waals surface area (Å²) in [6.07, 6.45) is 7.45. The van der Waals surface area contributed by atoms with Gasteiger partial charge in [0, 0.05) is 36.3 Å². The maximum Gasteiger partial charge on any atom is 0.134 e. The largest absolute Gasteiger partial charge is 0.464 e. The van der Waals surface area contributed by atoms with Crippen molar-refractivity contribution >= 4 is 11.0 Å². The molecule has 1 aromatic carbocycles. The number of nitrogens with zero attached hydrogens (tertiary/aromatic N) is 2. The number of rotatable bonds is 5. The van der Waals surface area contributed by atoms with Crippen molar-refractivity contribution < 1.29 is 4.42 Å². The van der Waals surface area contributed by atoms with Crippen LogP contribution in [0.25, 0.3) is 11.0 Å². The molecule has 25 heavy (non-hydrogen) atoms. The van der Waals surface area contributed by atoms with Crippen LogP contribution in [0.5, 0.6) is 0 Å². The summed E-state index contributed by atoms with van der Waals surface area (Å²) in [5, 5.41) is 4.75. The molecule has 2 aromatic heterocycles. The minimum Gasteiger partial charge on any atom is -0.464 e. The Morgan fingerprint density at radius 3 is 2.88 bits per heavy atom. The Morgan fingerprint density at radius 2 is 1.96 bits per heavy atom. The molecule has 1 saturated heterocycles. The van der Waals surface area contributed by atoms with Crippen molar-refractivity contribution in [1.82, 2.24) is 15.2 Å². The summed E-state index contributed by atoms with van der Waals surface area (Å²) < 4.78 is 5.76. The fourth-order valence-electron chi connectivity index (χ4n) is 3.75. The zero-order valence-corrected chi connectivity index (χ0v) is 14.5. The molecule has 3 heterocycles. The van der Waals surface area contributed by atoms with E-state index in [1.165, 1.54) is 30.2 Å². The molecular weight excluding hydrogens is 310 g/mol. The van der Waals surface area contributed by atoms with Gasteiger partial charge < -0.3 is 9.73 Å². The lowest BCUT2D eigenvalue weighted by Gasteiger charge is -2.30. The Kier molecular flexibility index (Phi) is 5.09. The Bertz CT molecular complexity index is 791. The highest BCUT2D eigenvalue weighted by atomic mass is 16.3. The highest BCUT2D eigenvalue weighted by Gasteiger charge is 2.22. The highest BCUT2D eigenvalue weighted by molar-refractivity contribution is 5.80. The van der Waals surface area contributed by atoms with E-state index in [0.717, 1.165) is 37.5 Å². The van der Waals surface area contributed by atoms with E-state index in [9.17, 15) is 0 Å². The average molecular weight is 335 g/mol. The second-order valence-electron chi connectivity index (χ2n) is 6.82.